The van der Waals surface area contributed by atoms with Gasteiger partial charge in [0.25, 0.3) is 0 Å². The van der Waals surface area contributed by atoms with Gasteiger partial charge in [0, 0.05) is 42.6 Å². The lowest BCUT2D eigenvalue weighted by Gasteiger charge is -2.35. The summed E-state index contributed by atoms with van der Waals surface area (Å²) in [6.07, 6.45) is 1.01. The van der Waals surface area contributed by atoms with E-state index in [0.717, 1.165) is 49.0 Å². The molecule has 132 valence electrons. The summed E-state index contributed by atoms with van der Waals surface area (Å²) in [7, 11) is 0. The first-order chi connectivity index (χ1) is 12.1. The van der Waals surface area contributed by atoms with Gasteiger partial charge in [0.1, 0.15) is 0 Å². The number of hydrogen-bond donors (Lipinski definition) is 1. The fourth-order valence-electron chi connectivity index (χ4n) is 3.06. The van der Waals surface area contributed by atoms with Gasteiger partial charge in [-0.05, 0) is 42.3 Å². The molecule has 0 radical (unpaired) electrons. The molecular formula is C20H24ClN3O. The lowest BCUT2D eigenvalue weighted by atomic mass is 10.1. The van der Waals surface area contributed by atoms with Gasteiger partial charge >= 0.3 is 0 Å². The minimum absolute atomic E-state index is 0.0421. The van der Waals surface area contributed by atoms with Crippen LogP contribution in [0.25, 0.3) is 0 Å². The fraction of sp³-hybridized carbons (Fsp3) is 0.350. The quantitative estimate of drug-likeness (QED) is 0.887. The van der Waals surface area contributed by atoms with Gasteiger partial charge in [0.15, 0.2) is 0 Å². The van der Waals surface area contributed by atoms with Gasteiger partial charge in [-0.2, -0.15) is 0 Å². The van der Waals surface area contributed by atoms with E-state index in [1.54, 1.807) is 0 Å². The van der Waals surface area contributed by atoms with Crippen molar-refractivity contribution in [2.45, 2.75) is 13.3 Å². The lowest BCUT2D eigenvalue weighted by Crippen LogP contribution is -2.48. The van der Waals surface area contributed by atoms with Crippen LogP contribution in [0.1, 0.15) is 12.5 Å². The first kappa shape index (κ1) is 17.8. The van der Waals surface area contributed by atoms with E-state index in [0.29, 0.717) is 6.54 Å². The zero-order valence-electron chi connectivity index (χ0n) is 14.5. The average Bonchev–Trinajstić information content (AvgIpc) is 2.63. The van der Waals surface area contributed by atoms with Crippen molar-refractivity contribution in [2.24, 2.45) is 0 Å². The molecule has 1 aliphatic heterocycles. The van der Waals surface area contributed by atoms with E-state index in [1.165, 1.54) is 5.56 Å². The second kappa shape index (κ2) is 8.37. The van der Waals surface area contributed by atoms with Crippen molar-refractivity contribution >= 4 is 28.9 Å². The lowest BCUT2D eigenvalue weighted by molar-refractivity contribution is -0.117. The molecule has 1 N–H and O–H groups in total. The highest BCUT2D eigenvalue weighted by molar-refractivity contribution is 6.30. The van der Waals surface area contributed by atoms with Gasteiger partial charge in [-0.15, -0.1) is 0 Å². The first-order valence-corrected chi connectivity index (χ1v) is 9.13. The molecule has 0 aliphatic carbocycles. The van der Waals surface area contributed by atoms with E-state index in [2.05, 4.69) is 40.2 Å². The second-order valence-corrected chi connectivity index (χ2v) is 6.78. The van der Waals surface area contributed by atoms with Crippen molar-refractivity contribution in [1.82, 2.24) is 4.90 Å². The van der Waals surface area contributed by atoms with Crippen LogP contribution in [0, 0.1) is 0 Å². The van der Waals surface area contributed by atoms with Crippen LogP contribution in [0.3, 0.4) is 0 Å². The Morgan fingerprint density at radius 3 is 2.44 bits per heavy atom. The van der Waals surface area contributed by atoms with Crippen LogP contribution in [-0.4, -0.2) is 43.5 Å². The molecule has 0 spiro atoms. The number of nitrogens with zero attached hydrogens (tertiary/aromatic N) is 2. The van der Waals surface area contributed by atoms with E-state index >= 15 is 0 Å². The van der Waals surface area contributed by atoms with Crippen molar-refractivity contribution in [3.05, 3.63) is 59.1 Å². The Balaban J connectivity index is 1.47. The van der Waals surface area contributed by atoms with Crippen molar-refractivity contribution < 1.29 is 4.79 Å². The molecule has 0 saturated carbocycles. The molecule has 3 rings (SSSR count). The van der Waals surface area contributed by atoms with Crippen LogP contribution in [0.15, 0.2) is 48.5 Å². The summed E-state index contributed by atoms with van der Waals surface area (Å²) in [6.45, 7) is 6.09. The molecule has 0 unspecified atom stereocenters. The Kier molecular flexibility index (Phi) is 5.95. The van der Waals surface area contributed by atoms with Crippen molar-refractivity contribution in [3.63, 3.8) is 0 Å². The van der Waals surface area contributed by atoms with Crippen LogP contribution in [0.2, 0.25) is 5.02 Å². The van der Waals surface area contributed by atoms with Crippen molar-refractivity contribution in [1.29, 1.82) is 0 Å². The van der Waals surface area contributed by atoms with Gasteiger partial charge < -0.3 is 10.2 Å². The maximum absolute atomic E-state index is 12.2. The summed E-state index contributed by atoms with van der Waals surface area (Å²) < 4.78 is 0. The third-order valence-corrected chi connectivity index (χ3v) is 4.79. The van der Waals surface area contributed by atoms with Crippen LogP contribution in [-0.2, 0) is 11.2 Å². The van der Waals surface area contributed by atoms with Gasteiger partial charge in [-0.1, -0.05) is 36.7 Å². The third-order valence-electron chi connectivity index (χ3n) is 4.56. The van der Waals surface area contributed by atoms with E-state index in [9.17, 15) is 4.79 Å². The summed E-state index contributed by atoms with van der Waals surface area (Å²) in [4.78, 5) is 16.7. The number of hydrogen-bond acceptors (Lipinski definition) is 3. The van der Waals surface area contributed by atoms with Crippen molar-refractivity contribution in [3.8, 4) is 0 Å². The molecule has 5 heteroatoms. The molecule has 0 atom stereocenters. The minimum atomic E-state index is 0.0421. The number of carbonyl (C=O) groups excluding carboxylic acids is 1. The highest BCUT2D eigenvalue weighted by atomic mass is 35.5. The highest BCUT2D eigenvalue weighted by Gasteiger charge is 2.19. The highest BCUT2D eigenvalue weighted by Crippen LogP contribution is 2.20. The molecule has 1 fully saturated rings. The minimum Gasteiger partial charge on any atom is -0.369 e. The van der Waals surface area contributed by atoms with E-state index in [-0.39, 0.29) is 5.91 Å². The molecular weight excluding hydrogens is 334 g/mol. The molecule has 1 aliphatic rings. The van der Waals surface area contributed by atoms with Crippen molar-refractivity contribution in [2.75, 3.05) is 42.9 Å². The van der Waals surface area contributed by atoms with E-state index in [1.807, 2.05) is 30.3 Å². The standard InChI is InChI=1S/C20H24ClN3O/c1-2-16-6-8-18(9-7-16)22-20(25)15-23-10-12-24(13-11-23)19-5-3-4-17(21)14-19/h3-9,14H,2,10-13,15H2,1H3,(H,22,25). The largest absolute Gasteiger partial charge is 0.369 e. The molecule has 0 bridgehead atoms. The van der Waals surface area contributed by atoms with Gasteiger partial charge in [0.05, 0.1) is 6.54 Å². The molecule has 0 aromatic heterocycles. The monoisotopic (exact) mass is 357 g/mol. The molecule has 1 saturated heterocycles. The zero-order valence-corrected chi connectivity index (χ0v) is 15.3. The zero-order chi connectivity index (χ0) is 17.6. The normalized spacial score (nSPS) is 15.2. The summed E-state index contributed by atoms with van der Waals surface area (Å²) in [5, 5.41) is 3.74. The number of piperazine rings is 1. The Morgan fingerprint density at radius 2 is 1.80 bits per heavy atom. The number of halogens is 1. The summed E-state index contributed by atoms with van der Waals surface area (Å²) in [5.41, 5.74) is 3.28. The third kappa shape index (κ3) is 4.97. The maximum atomic E-state index is 12.2. The SMILES string of the molecule is CCc1ccc(NC(=O)CN2CCN(c3cccc(Cl)c3)CC2)cc1. The van der Waals surface area contributed by atoms with Crippen LogP contribution < -0.4 is 10.2 Å². The number of nitrogens with one attached hydrogen (secondary N) is 1. The number of benzene rings is 2. The number of rotatable bonds is 5. The van der Waals surface area contributed by atoms with Crippen LogP contribution in [0.5, 0.6) is 0 Å². The molecule has 25 heavy (non-hydrogen) atoms. The van der Waals surface area contributed by atoms with Gasteiger partial charge in [-0.3, -0.25) is 9.69 Å². The molecule has 1 heterocycles. The summed E-state index contributed by atoms with van der Waals surface area (Å²) in [6, 6.07) is 16.0. The Labute approximate surface area is 154 Å². The predicted octanol–water partition coefficient (Wildman–Crippen LogP) is 3.66. The maximum Gasteiger partial charge on any atom is 0.238 e. The smallest absolute Gasteiger partial charge is 0.238 e. The van der Waals surface area contributed by atoms with Gasteiger partial charge in [0.2, 0.25) is 5.91 Å². The molecule has 4 nitrogen and oxygen atoms in total. The molecule has 2 aromatic carbocycles. The number of aryl methyl sites for hydroxylation is 1. The van der Waals surface area contributed by atoms with E-state index in [4.69, 9.17) is 11.6 Å². The first-order valence-electron chi connectivity index (χ1n) is 8.75. The van der Waals surface area contributed by atoms with Gasteiger partial charge in [-0.25, -0.2) is 0 Å². The number of amides is 1. The summed E-state index contributed by atoms with van der Waals surface area (Å²) >= 11 is 6.07. The number of anilines is 2. The average molecular weight is 358 g/mol. The van der Waals surface area contributed by atoms with Crippen LogP contribution in [0.4, 0.5) is 11.4 Å². The Morgan fingerprint density at radius 1 is 1.08 bits per heavy atom. The molecule has 2 aromatic rings. The predicted molar refractivity (Wildman–Crippen MR) is 105 cm³/mol. The summed E-state index contributed by atoms with van der Waals surface area (Å²) in [5.74, 6) is 0.0421. The fourth-order valence-corrected chi connectivity index (χ4v) is 3.25. The van der Waals surface area contributed by atoms with Crippen LogP contribution >= 0.6 is 11.6 Å². The molecule has 1 amide bonds. The second-order valence-electron chi connectivity index (χ2n) is 6.34. The Hall–Kier alpha value is -2.04. The van der Waals surface area contributed by atoms with E-state index < -0.39 is 0 Å². The number of carbonyl (C=O) groups is 1. The topological polar surface area (TPSA) is 35.6 Å². The Bertz CT molecular complexity index is 709.